The summed E-state index contributed by atoms with van der Waals surface area (Å²) in [4.78, 5) is 0. The normalized spacial score (nSPS) is 15.1. The van der Waals surface area contributed by atoms with Gasteiger partial charge >= 0.3 is 0 Å². The van der Waals surface area contributed by atoms with Crippen molar-refractivity contribution in [2.24, 2.45) is 11.8 Å². The number of aryl methyl sites for hydroxylation is 1. The fourth-order valence-electron chi connectivity index (χ4n) is 1.95. The number of hydrazine groups is 1. The quantitative estimate of drug-likeness (QED) is 0.593. The standard InChI is InChI=1S/C13H22N2O/c1-9(2)13(16-4)12(15-14)11-7-5-10(3)6-8-11/h5-9,12-13,15H,14H2,1-4H3. The van der Waals surface area contributed by atoms with E-state index in [1.807, 2.05) is 0 Å². The Kier molecular flexibility index (Phi) is 4.93. The average molecular weight is 222 g/mol. The van der Waals surface area contributed by atoms with Crippen LogP contribution in [0.5, 0.6) is 0 Å². The third-order valence-corrected chi connectivity index (χ3v) is 2.87. The molecule has 1 aromatic carbocycles. The van der Waals surface area contributed by atoms with Gasteiger partial charge in [-0.1, -0.05) is 43.7 Å². The van der Waals surface area contributed by atoms with Gasteiger partial charge < -0.3 is 4.74 Å². The first-order chi connectivity index (χ1) is 7.60. The summed E-state index contributed by atoms with van der Waals surface area (Å²) in [6.45, 7) is 6.34. The molecule has 0 aliphatic rings. The molecule has 0 amide bonds. The molecule has 0 bridgehead atoms. The number of nitrogens with two attached hydrogens (primary N) is 1. The Bertz CT molecular complexity index is 308. The van der Waals surface area contributed by atoms with Gasteiger partial charge in [0.2, 0.25) is 0 Å². The molecule has 0 aliphatic heterocycles. The minimum Gasteiger partial charge on any atom is -0.379 e. The van der Waals surface area contributed by atoms with Gasteiger partial charge in [-0.05, 0) is 18.4 Å². The zero-order valence-electron chi connectivity index (χ0n) is 10.5. The molecule has 0 fully saturated rings. The first-order valence-corrected chi connectivity index (χ1v) is 5.65. The van der Waals surface area contributed by atoms with E-state index >= 15 is 0 Å². The van der Waals surface area contributed by atoms with Crippen LogP contribution in [0.2, 0.25) is 0 Å². The van der Waals surface area contributed by atoms with Crippen LogP contribution in [0.3, 0.4) is 0 Å². The molecule has 0 saturated heterocycles. The summed E-state index contributed by atoms with van der Waals surface area (Å²) in [5.41, 5.74) is 5.25. The van der Waals surface area contributed by atoms with Crippen molar-refractivity contribution < 1.29 is 4.74 Å². The lowest BCUT2D eigenvalue weighted by molar-refractivity contribution is 0.0326. The molecule has 0 heterocycles. The number of methoxy groups -OCH3 is 1. The number of hydrogen-bond donors (Lipinski definition) is 2. The summed E-state index contributed by atoms with van der Waals surface area (Å²) in [6, 6.07) is 8.40. The van der Waals surface area contributed by atoms with Crippen LogP contribution >= 0.6 is 0 Å². The highest BCUT2D eigenvalue weighted by molar-refractivity contribution is 5.25. The maximum atomic E-state index is 5.63. The molecular weight excluding hydrogens is 200 g/mol. The molecule has 0 saturated carbocycles. The second-order valence-corrected chi connectivity index (χ2v) is 4.50. The zero-order chi connectivity index (χ0) is 12.1. The van der Waals surface area contributed by atoms with E-state index in [1.165, 1.54) is 5.56 Å². The number of nitrogens with one attached hydrogen (secondary N) is 1. The second kappa shape index (κ2) is 5.99. The molecule has 3 N–H and O–H groups in total. The van der Waals surface area contributed by atoms with Gasteiger partial charge in [0, 0.05) is 7.11 Å². The molecule has 0 aromatic heterocycles. The fourth-order valence-corrected chi connectivity index (χ4v) is 1.95. The van der Waals surface area contributed by atoms with Gasteiger partial charge in [-0.25, -0.2) is 0 Å². The largest absolute Gasteiger partial charge is 0.379 e. The van der Waals surface area contributed by atoms with E-state index in [4.69, 9.17) is 10.6 Å². The van der Waals surface area contributed by atoms with E-state index in [1.54, 1.807) is 7.11 Å². The lowest BCUT2D eigenvalue weighted by atomic mass is 9.93. The van der Waals surface area contributed by atoms with Crippen LogP contribution in [0, 0.1) is 12.8 Å². The first kappa shape index (κ1) is 13.2. The maximum Gasteiger partial charge on any atom is 0.0801 e. The number of rotatable bonds is 5. The van der Waals surface area contributed by atoms with Gasteiger partial charge in [-0.2, -0.15) is 0 Å². The Morgan fingerprint density at radius 3 is 2.12 bits per heavy atom. The molecule has 0 aliphatic carbocycles. The summed E-state index contributed by atoms with van der Waals surface area (Å²) in [5.74, 6) is 6.04. The number of benzene rings is 1. The van der Waals surface area contributed by atoms with E-state index in [-0.39, 0.29) is 12.1 Å². The van der Waals surface area contributed by atoms with Crippen molar-refractivity contribution in [2.75, 3.05) is 7.11 Å². The zero-order valence-corrected chi connectivity index (χ0v) is 10.5. The molecular formula is C13H22N2O. The van der Waals surface area contributed by atoms with E-state index < -0.39 is 0 Å². The summed E-state index contributed by atoms with van der Waals surface area (Å²) in [6.07, 6.45) is 0.0766. The van der Waals surface area contributed by atoms with Crippen molar-refractivity contribution in [3.8, 4) is 0 Å². The lowest BCUT2D eigenvalue weighted by Crippen LogP contribution is -2.40. The Morgan fingerprint density at radius 2 is 1.75 bits per heavy atom. The Balaban J connectivity index is 2.92. The molecule has 0 spiro atoms. The maximum absolute atomic E-state index is 5.63. The molecule has 1 rings (SSSR count). The number of ether oxygens (including phenoxy) is 1. The molecule has 3 nitrogen and oxygen atoms in total. The highest BCUT2D eigenvalue weighted by Crippen LogP contribution is 2.23. The summed E-state index contributed by atoms with van der Waals surface area (Å²) in [5, 5.41) is 0. The lowest BCUT2D eigenvalue weighted by Gasteiger charge is -2.28. The highest BCUT2D eigenvalue weighted by Gasteiger charge is 2.24. The fraction of sp³-hybridized carbons (Fsp3) is 0.538. The average Bonchev–Trinajstić information content (AvgIpc) is 2.26. The minimum absolute atomic E-state index is 0.0330. The topological polar surface area (TPSA) is 47.3 Å². The van der Waals surface area contributed by atoms with Crippen LogP contribution < -0.4 is 11.3 Å². The van der Waals surface area contributed by atoms with Crippen LogP contribution in [0.1, 0.15) is 31.0 Å². The predicted molar refractivity (Wildman–Crippen MR) is 66.9 cm³/mol. The third-order valence-electron chi connectivity index (χ3n) is 2.87. The van der Waals surface area contributed by atoms with Crippen LogP contribution in [-0.2, 0) is 4.74 Å². The van der Waals surface area contributed by atoms with Crippen molar-refractivity contribution in [1.29, 1.82) is 0 Å². The SMILES string of the molecule is COC(C(C)C)C(NN)c1ccc(C)cc1. The third kappa shape index (κ3) is 3.04. The highest BCUT2D eigenvalue weighted by atomic mass is 16.5. The van der Waals surface area contributed by atoms with Crippen LogP contribution in [-0.4, -0.2) is 13.2 Å². The first-order valence-electron chi connectivity index (χ1n) is 5.65. The summed E-state index contributed by atoms with van der Waals surface area (Å²) in [7, 11) is 1.73. The van der Waals surface area contributed by atoms with E-state index in [0.717, 1.165) is 5.56 Å². The Hall–Kier alpha value is -0.900. The molecule has 2 atom stereocenters. The van der Waals surface area contributed by atoms with Crippen LogP contribution in [0.15, 0.2) is 24.3 Å². The van der Waals surface area contributed by atoms with E-state index in [0.29, 0.717) is 5.92 Å². The molecule has 3 heteroatoms. The van der Waals surface area contributed by atoms with Crippen molar-refractivity contribution in [1.82, 2.24) is 5.43 Å². The predicted octanol–water partition coefficient (Wildman–Crippen LogP) is 2.17. The van der Waals surface area contributed by atoms with Crippen molar-refractivity contribution in [3.05, 3.63) is 35.4 Å². The Labute approximate surface area is 98.0 Å². The van der Waals surface area contributed by atoms with Crippen molar-refractivity contribution in [3.63, 3.8) is 0 Å². The van der Waals surface area contributed by atoms with Crippen molar-refractivity contribution in [2.45, 2.75) is 32.9 Å². The van der Waals surface area contributed by atoms with Gasteiger partial charge in [-0.15, -0.1) is 0 Å². The minimum atomic E-state index is 0.0330. The van der Waals surface area contributed by atoms with Gasteiger partial charge in [0.05, 0.1) is 12.1 Å². The van der Waals surface area contributed by atoms with Gasteiger partial charge in [-0.3, -0.25) is 11.3 Å². The van der Waals surface area contributed by atoms with Gasteiger partial charge in [0.15, 0.2) is 0 Å². The molecule has 0 radical (unpaired) electrons. The van der Waals surface area contributed by atoms with Gasteiger partial charge in [0.25, 0.3) is 0 Å². The molecule has 16 heavy (non-hydrogen) atoms. The van der Waals surface area contributed by atoms with E-state index in [9.17, 15) is 0 Å². The van der Waals surface area contributed by atoms with E-state index in [2.05, 4.69) is 50.5 Å². The molecule has 2 unspecified atom stereocenters. The summed E-state index contributed by atoms with van der Waals surface area (Å²) < 4.78 is 5.51. The van der Waals surface area contributed by atoms with Crippen LogP contribution in [0.25, 0.3) is 0 Å². The molecule has 90 valence electrons. The molecule has 1 aromatic rings. The van der Waals surface area contributed by atoms with Crippen molar-refractivity contribution >= 4 is 0 Å². The Morgan fingerprint density at radius 1 is 1.19 bits per heavy atom. The second-order valence-electron chi connectivity index (χ2n) is 4.50. The smallest absolute Gasteiger partial charge is 0.0801 e. The van der Waals surface area contributed by atoms with Gasteiger partial charge in [0.1, 0.15) is 0 Å². The summed E-state index contributed by atoms with van der Waals surface area (Å²) >= 11 is 0. The number of hydrogen-bond acceptors (Lipinski definition) is 3. The monoisotopic (exact) mass is 222 g/mol. The van der Waals surface area contributed by atoms with Crippen LogP contribution in [0.4, 0.5) is 0 Å².